The number of aliphatic imine (C=N–C) groups is 1. The number of rotatable bonds is 6. The van der Waals surface area contributed by atoms with Gasteiger partial charge in [-0.3, -0.25) is 9.79 Å². The number of amides is 1. The van der Waals surface area contributed by atoms with E-state index in [1.165, 1.54) is 18.4 Å². The number of carbonyl (C=O) groups is 1. The number of hydrogen-bond acceptors (Lipinski definition) is 2. The van der Waals surface area contributed by atoms with E-state index < -0.39 is 0 Å². The van der Waals surface area contributed by atoms with Gasteiger partial charge in [0, 0.05) is 44.7 Å². The molecular formula is C21H32ClIN4O. The Morgan fingerprint density at radius 3 is 2.14 bits per heavy atom. The summed E-state index contributed by atoms with van der Waals surface area (Å²) < 4.78 is 0. The zero-order chi connectivity index (χ0) is 19.5. The Balaban J connectivity index is 0.00000280. The second kappa shape index (κ2) is 9.65. The fraction of sp³-hybridized carbons (Fsp3) is 0.619. The summed E-state index contributed by atoms with van der Waals surface area (Å²) in [6.07, 6.45) is 6.47. The lowest BCUT2D eigenvalue weighted by atomic mass is 9.84. The van der Waals surface area contributed by atoms with Crippen LogP contribution in [-0.4, -0.2) is 51.0 Å². The summed E-state index contributed by atoms with van der Waals surface area (Å²) >= 11 is 6.02. The number of nitrogens with zero attached hydrogens (tertiary/aromatic N) is 2. The van der Waals surface area contributed by atoms with E-state index in [1.54, 1.807) is 11.9 Å². The van der Waals surface area contributed by atoms with Crippen molar-refractivity contribution in [2.24, 2.45) is 10.4 Å². The van der Waals surface area contributed by atoms with E-state index in [2.05, 4.69) is 27.8 Å². The number of halogens is 2. The minimum Gasteiger partial charge on any atom is -0.356 e. The second-order valence-corrected chi connectivity index (χ2v) is 8.69. The highest BCUT2D eigenvalue weighted by Gasteiger charge is 2.45. The first-order chi connectivity index (χ1) is 12.9. The first-order valence-corrected chi connectivity index (χ1v) is 10.2. The fourth-order valence-electron chi connectivity index (χ4n) is 4.24. The molecule has 156 valence electrons. The molecule has 5 nitrogen and oxygen atoms in total. The van der Waals surface area contributed by atoms with Gasteiger partial charge in [0.05, 0.1) is 5.41 Å². The van der Waals surface area contributed by atoms with Gasteiger partial charge in [-0.05, 0) is 43.4 Å². The fourth-order valence-corrected chi connectivity index (χ4v) is 4.37. The maximum Gasteiger partial charge on any atom is 0.230 e. The lowest BCUT2D eigenvalue weighted by Crippen LogP contribution is -2.50. The van der Waals surface area contributed by atoms with Crippen molar-refractivity contribution in [1.29, 1.82) is 0 Å². The van der Waals surface area contributed by atoms with Gasteiger partial charge in [0.15, 0.2) is 5.96 Å². The molecule has 2 saturated carbocycles. The highest BCUT2D eigenvalue weighted by atomic mass is 127. The highest BCUT2D eigenvalue weighted by Crippen LogP contribution is 2.47. The molecule has 1 amide bonds. The largest absolute Gasteiger partial charge is 0.356 e. The van der Waals surface area contributed by atoms with Crippen LogP contribution in [0.5, 0.6) is 0 Å². The van der Waals surface area contributed by atoms with Gasteiger partial charge in [0.25, 0.3) is 0 Å². The molecular weight excluding hydrogens is 487 g/mol. The van der Waals surface area contributed by atoms with E-state index >= 15 is 0 Å². The highest BCUT2D eigenvalue weighted by molar-refractivity contribution is 14.0. The third-order valence-corrected chi connectivity index (χ3v) is 6.39. The monoisotopic (exact) mass is 518 g/mol. The van der Waals surface area contributed by atoms with Crippen molar-refractivity contribution in [3.05, 3.63) is 34.9 Å². The molecule has 2 N–H and O–H groups in total. The van der Waals surface area contributed by atoms with Crippen LogP contribution in [0.2, 0.25) is 5.02 Å². The third-order valence-electron chi connectivity index (χ3n) is 6.14. The Kier molecular flexibility index (Phi) is 8.02. The summed E-state index contributed by atoms with van der Waals surface area (Å²) in [5.41, 5.74) is 1.20. The minimum absolute atomic E-state index is 0. The van der Waals surface area contributed by atoms with Gasteiger partial charge in [-0.25, -0.2) is 0 Å². The maximum absolute atomic E-state index is 12.7. The van der Waals surface area contributed by atoms with Gasteiger partial charge in [-0.1, -0.05) is 36.6 Å². The topological polar surface area (TPSA) is 56.7 Å². The Labute approximate surface area is 190 Å². The van der Waals surface area contributed by atoms with Crippen LogP contribution in [0.1, 0.15) is 44.1 Å². The molecule has 0 heterocycles. The third kappa shape index (κ3) is 5.12. The number of hydrogen-bond donors (Lipinski definition) is 2. The molecule has 0 aromatic heterocycles. The molecule has 2 aliphatic rings. The van der Waals surface area contributed by atoms with Crippen LogP contribution in [0.25, 0.3) is 0 Å². The molecule has 0 bridgehead atoms. The molecule has 0 atom stereocenters. The van der Waals surface area contributed by atoms with E-state index in [-0.39, 0.29) is 40.7 Å². The van der Waals surface area contributed by atoms with E-state index in [0.717, 1.165) is 43.2 Å². The van der Waals surface area contributed by atoms with Crippen LogP contribution < -0.4 is 10.6 Å². The number of carbonyl (C=O) groups excluding carboxylic acids is 1. The Morgan fingerprint density at radius 2 is 1.64 bits per heavy atom. The summed E-state index contributed by atoms with van der Waals surface area (Å²) in [5.74, 6) is 0.996. The van der Waals surface area contributed by atoms with Crippen molar-refractivity contribution < 1.29 is 4.79 Å². The van der Waals surface area contributed by atoms with Gasteiger partial charge < -0.3 is 15.5 Å². The van der Waals surface area contributed by atoms with Gasteiger partial charge in [-0.2, -0.15) is 0 Å². The zero-order valence-electron chi connectivity index (χ0n) is 17.1. The molecule has 28 heavy (non-hydrogen) atoms. The standard InChI is InChI=1S/C21H31ClN4O.HI/c1-23-19(25-15-21(10-4-5-11-21)18(27)26(2)3)24-14-20(12-13-20)16-6-8-17(22)9-7-16;/h6-9H,4-5,10-15H2,1-3H3,(H2,23,24,25);1H. The first kappa shape index (κ1) is 23.3. The first-order valence-electron chi connectivity index (χ1n) is 9.83. The molecule has 2 fully saturated rings. The van der Waals surface area contributed by atoms with E-state index in [0.29, 0.717) is 6.54 Å². The Bertz CT molecular complexity index is 695. The average molecular weight is 519 g/mol. The molecule has 3 rings (SSSR count). The van der Waals surface area contributed by atoms with Crippen LogP contribution in [-0.2, 0) is 10.2 Å². The summed E-state index contributed by atoms with van der Waals surface area (Å²) in [4.78, 5) is 18.8. The predicted molar refractivity (Wildman–Crippen MR) is 127 cm³/mol. The van der Waals surface area contributed by atoms with Crippen LogP contribution >= 0.6 is 35.6 Å². The number of benzene rings is 1. The van der Waals surface area contributed by atoms with Crippen molar-refractivity contribution in [3.8, 4) is 0 Å². The summed E-state index contributed by atoms with van der Waals surface area (Å²) in [5, 5.41) is 7.67. The van der Waals surface area contributed by atoms with Gasteiger partial charge >= 0.3 is 0 Å². The molecule has 1 aromatic carbocycles. The molecule has 0 saturated heterocycles. The van der Waals surface area contributed by atoms with Gasteiger partial charge in [0.1, 0.15) is 0 Å². The molecule has 0 spiro atoms. The van der Waals surface area contributed by atoms with E-state index in [4.69, 9.17) is 11.6 Å². The Hall–Kier alpha value is -1.02. The minimum atomic E-state index is -0.297. The van der Waals surface area contributed by atoms with E-state index in [9.17, 15) is 4.79 Å². The molecule has 0 aliphatic heterocycles. The van der Waals surface area contributed by atoms with Crippen molar-refractivity contribution in [1.82, 2.24) is 15.5 Å². The van der Waals surface area contributed by atoms with E-state index in [1.807, 2.05) is 26.2 Å². The quantitative estimate of drug-likeness (QED) is 0.342. The second-order valence-electron chi connectivity index (χ2n) is 8.25. The smallest absolute Gasteiger partial charge is 0.230 e. The summed E-state index contributed by atoms with van der Waals surface area (Å²) in [7, 11) is 5.48. The number of guanidine groups is 1. The molecule has 0 unspecified atom stereocenters. The van der Waals surface area contributed by atoms with Crippen molar-refractivity contribution in [2.75, 3.05) is 34.2 Å². The summed E-state index contributed by atoms with van der Waals surface area (Å²) in [6, 6.07) is 8.16. The molecule has 0 radical (unpaired) electrons. The maximum atomic E-state index is 12.7. The van der Waals surface area contributed by atoms with Crippen LogP contribution in [0, 0.1) is 5.41 Å². The van der Waals surface area contributed by atoms with Crippen molar-refractivity contribution in [2.45, 2.75) is 43.9 Å². The van der Waals surface area contributed by atoms with Gasteiger partial charge in [0.2, 0.25) is 5.91 Å². The SMILES string of the molecule is CN=C(NCC1(C(=O)N(C)C)CCCC1)NCC1(c2ccc(Cl)cc2)CC1.I. The van der Waals surface area contributed by atoms with Gasteiger partial charge in [-0.15, -0.1) is 24.0 Å². The molecule has 1 aromatic rings. The zero-order valence-corrected chi connectivity index (χ0v) is 20.1. The predicted octanol–water partition coefficient (Wildman–Crippen LogP) is 3.80. The van der Waals surface area contributed by atoms with Crippen LogP contribution in [0.4, 0.5) is 0 Å². The normalized spacial score (nSPS) is 19.5. The average Bonchev–Trinajstić information content (AvgIpc) is 3.30. The van der Waals surface area contributed by atoms with Crippen molar-refractivity contribution >= 4 is 47.4 Å². The molecule has 2 aliphatic carbocycles. The van der Waals surface area contributed by atoms with Crippen molar-refractivity contribution in [3.63, 3.8) is 0 Å². The van der Waals surface area contributed by atoms with Crippen LogP contribution in [0.3, 0.4) is 0 Å². The number of nitrogens with one attached hydrogen (secondary N) is 2. The van der Waals surface area contributed by atoms with Crippen LogP contribution in [0.15, 0.2) is 29.3 Å². The lowest BCUT2D eigenvalue weighted by Gasteiger charge is -2.31. The summed E-state index contributed by atoms with van der Waals surface area (Å²) in [6.45, 7) is 1.47. The molecule has 7 heteroatoms. The lowest BCUT2D eigenvalue weighted by molar-refractivity contribution is -0.138. The Morgan fingerprint density at radius 1 is 1.07 bits per heavy atom.